The second-order valence-corrected chi connectivity index (χ2v) is 6.95. The van der Waals surface area contributed by atoms with Gasteiger partial charge in [-0.05, 0) is 30.0 Å². The normalized spacial score (nSPS) is 16.9. The largest absolute Gasteiger partial charge is 0.487 e. The Labute approximate surface area is 132 Å². The van der Waals surface area contributed by atoms with Gasteiger partial charge in [-0.1, -0.05) is 32.9 Å². The highest BCUT2D eigenvalue weighted by molar-refractivity contribution is 5.75. The third-order valence-corrected chi connectivity index (χ3v) is 3.71. The van der Waals surface area contributed by atoms with E-state index in [1.807, 2.05) is 12.1 Å². The van der Waals surface area contributed by atoms with Crippen LogP contribution in [0.25, 0.3) is 0 Å². The standard InChI is InChI=1S/C17H26N2O3/c1-12(20)9-18-16(21)19-10-15(11-19)22-14-7-5-13(6-8-14)17(2,3)4/h5-8,12,15,20H,9-11H2,1-4H3,(H,18,21)/t12-/m1/s1. The molecule has 1 aromatic rings. The van der Waals surface area contributed by atoms with Gasteiger partial charge >= 0.3 is 6.03 Å². The van der Waals surface area contributed by atoms with E-state index in [4.69, 9.17) is 9.84 Å². The Kier molecular flexibility index (Phi) is 4.96. The summed E-state index contributed by atoms with van der Waals surface area (Å²) in [5, 5.41) is 11.8. The van der Waals surface area contributed by atoms with Crippen molar-refractivity contribution in [2.24, 2.45) is 0 Å². The minimum absolute atomic E-state index is 0.0396. The minimum atomic E-state index is -0.529. The maximum atomic E-state index is 11.7. The number of carbonyl (C=O) groups excluding carboxylic acids is 1. The number of ether oxygens (including phenoxy) is 1. The van der Waals surface area contributed by atoms with Gasteiger partial charge in [0.2, 0.25) is 0 Å². The van der Waals surface area contributed by atoms with Gasteiger partial charge < -0.3 is 20.1 Å². The fraction of sp³-hybridized carbons (Fsp3) is 0.588. The molecule has 1 heterocycles. The first-order chi connectivity index (χ1) is 10.3. The second kappa shape index (κ2) is 6.57. The van der Waals surface area contributed by atoms with Crippen LogP contribution in [0.4, 0.5) is 4.79 Å². The zero-order valence-corrected chi connectivity index (χ0v) is 13.8. The summed E-state index contributed by atoms with van der Waals surface area (Å²) < 4.78 is 5.85. The van der Waals surface area contributed by atoms with Crippen molar-refractivity contribution in [3.63, 3.8) is 0 Å². The van der Waals surface area contributed by atoms with E-state index in [-0.39, 0.29) is 24.1 Å². The summed E-state index contributed by atoms with van der Waals surface area (Å²) in [6.45, 7) is 9.60. The summed E-state index contributed by atoms with van der Waals surface area (Å²) in [7, 11) is 0. The molecule has 0 unspecified atom stereocenters. The lowest BCUT2D eigenvalue weighted by Gasteiger charge is -2.39. The second-order valence-electron chi connectivity index (χ2n) is 6.95. The van der Waals surface area contributed by atoms with E-state index >= 15 is 0 Å². The highest BCUT2D eigenvalue weighted by Gasteiger charge is 2.32. The van der Waals surface area contributed by atoms with Gasteiger partial charge in [0.1, 0.15) is 11.9 Å². The Morgan fingerprint density at radius 2 is 1.95 bits per heavy atom. The van der Waals surface area contributed by atoms with Crippen molar-refractivity contribution in [3.8, 4) is 5.75 Å². The number of hydrogen-bond acceptors (Lipinski definition) is 3. The number of aliphatic hydroxyl groups excluding tert-OH is 1. The molecule has 2 N–H and O–H groups in total. The molecule has 0 spiro atoms. The average Bonchev–Trinajstić information content (AvgIpc) is 2.39. The van der Waals surface area contributed by atoms with Crippen LogP contribution in [0, 0.1) is 0 Å². The number of carbonyl (C=O) groups is 1. The molecule has 1 aliphatic rings. The number of nitrogens with one attached hydrogen (secondary N) is 1. The molecule has 0 bridgehead atoms. The Morgan fingerprint density at radius 1 is 1.36 bits per heavy atom. The summed E-state index contributed by atoms with van der Waals surface area (Å²) in [5.41, 5.74) is 1.40. The van der Waals surface area contributed by atoms with Crippen LogP contribution in [0.3, 0.4) is 0 Å². The summed E-state index contributed by atoms with van der Waals surface area (Å²) in [4.78, 5) is 13.4. The van der Waals surface area contributed by atoms with Gasteiger partial charge in [-0.15, -0.1) is 0 Å². The van der Waals surface area contributed by atoms with Crippen molar-refractivity contribution in [2.75, 3.05) is 19.6 Å². The van der Waals surface area contributed by atoms with Gasteiger partial charge in [0.15, 0.2) is 0 Å². The molecule has 1 aromatic carbocycles. The van der Waals surface area contributed by atoms with Gasteiger partial charge in [0, 0.05) is 6.54 Å². The topological polar surface area (TPSA) is 61.8 Å². The van der Waals surface area contributed by atoms with Gasteiger partial charge in [-0.2, -0.15) is 0 Å². The number of hydrogen-bond donors (Lipinski definition) is 2. The smallest absolute Gasteiger partial charge is 0.317 e. The van der Waals surface area contributed by atoms with Crippen molar-refractivity contribution < 1.29 is 14.6 Å². The molecule has 0 radical (unpaired) electrons. The summed E-state index contributed by atoms with van der Waals surface area (Å²) >= 11 is 0. The summed E-state index contributed by atoms with van der Waals surface area (Å²) in [5.74, 6) is 0.835. The molecule has 2 rings (SSSR count). The highest BCUT2D eigenvalue weighted by atomic mass is 16.5. The Bertz CT molecular complexity index is 500. The maximum Gasteiger partial charge on any atom is 0.317 e. The number of urea groups is 1. The lowest BCUT2D eigenvalue weighted by Crippen LogP contribution is -2.59. The van der Waals surface area contributed by atoms with Crippen molar-refractivity contribution in [2.45, 2.75) is 45.3 Å². The third-order valence-electron chi connectivity index (χ3n) is 3.71. The number of rotatable bonds is 4. The van der Waals surface area contributed by atoms with Crippen LogP contribution in [0.5, 0.6) is 5.75 Å². The van der Waals surface area contributed by atoms with E-state index in [1.165, 1.54) is 5.56 Å². The van der Waals surface area contributed by atoms with E-state index in [1.54, 1.807) is 11.8 Å². The van der Waals surface area contributed by atoms with Gasteiger partial charge in [0.25, 0.3) is 0 Å². The fourth-order valence-corrected chi connectivity index (χ4v) is 2.25. The number of nitrogens with zero attached hydrogens (tertiary/aromatic N) is 1. The molecule has 0 saturated carbocycles. The Morgan fingerprint density at radius 3 is 2.45 bits per heavy atom. The quantitative estimate of drug-likeness (QED) is 0.896. The van der Waals surface area contributed by atoms with Crippen LogP contribution in [-0.2, 0) is 5.41 Å². The van der Waals surface area contributed by atoms with E-state index in [9.17, 15) is 4.79 Å². The van der Waals surface area contributed by atoms with Crippen molar-refractivity contribution in [3.05, 3.63) is 29.8 Å². The monoisotopic (exact) mass is 306 g/mol. The summed E-state index contributed by atoms with van der Waals surface area (Å²) in [6, 6.07) is 7.99. The van der Waals surface area contributed by atoms with Gasteiger partial charge in [-0.25, -0.2) is 4.79 Å². The van der Waals surface area contributed by atoms with Crippen LogP contribution in [0.1, 0.15) is 33.3 Å². The molecule has 22 heavy (non-hydrogen) atoms. The number of likely N-dealkylation sites (tertiary alicyclic amines) is 1. The lowest BCUT2D eigenvalue weighted by molar-refractivity contribution is 0.0433. The third kappa shape index (κ3) is 4.37. The molecule has 1 atom stereocenters. The molecule has 122 valence electrons. The van der Waals surface area contributed by atoms with Crippen LogP contribution in [-0.4, -0.2) is 47.9 Å². The predicted molar refractivity (Wildman–Crippen MR) is 86.2 cm³/mol. The van der Waals surface area contributed by atoms with Crippen LogP contribution in [0.15, 0.2) is 24.3 Å². The first-order valence-electron chi connectivity index (χ1n) is 7.74. The molecule has 1 fully saturated rings. The average molecular weight is 306 g/mol. The minimum Gasteiger partial charge on any atom is -0.487 e. The zero-order chi connectivity index (χ0) is 16.3. The fourth-order valence-electron chi connectivity index (χ4n) is 2.25. The van der Waals surface area contributed by atoms with Crippen molar-refractivity contribution >= 4 is 6.03 Å². The predicted octanol–water partition coefficient (Wildman–Crippen LogP) is 2.14. The zero-order valence-electron chi connectivity index (χ0n) is 13.8. The number of benzene rings is 1. The highest BCUT2D eigenvalue weighted by Crippen LogP contribution is 2.25. The molecule has 5 nitrogen and oxygen atoms in total. The van der Waals surface area contributed by atoms with E-state index in [2.05, 4.69) is 38.2 Å². The molecule has 2 amide bonds. The van der Waals surface area contributed by atoms with Crippen molar-refractivity contribution in [1.82, 2.24) is 10.2 Å². The molecule has 1 saturated heterocycles. The molecular formula is C17H26N2O3. The Hall–Kier alpha value is -1.75. The number of aliphatic hydroxyl groups is 1. The summed E-state index contributed by atoms with van der Waals surface area (Å²) in [6.07, 6.45) is -0.489. The van der Waals surface area contributed by atoms with Crippen LogP contribution >= 0.6 is 0 Å². The van der Waals surface area contributed by atoms with Crippen LogP contribution < -0.4 is 10.1 Å². The van der Waals surface area contributed by atoms with Crippen molar-refractivity contribution in [1.29, 1.82) is 0 Å². The van der Waals surface area contributed by atoms with Crippen LogP contribution in [0.2, 0.25) is 0 Å². The SMILES string of the molecule is C[C@@H](O)CNC(=O)N1CC(Oc2ccc(C(C)(C)C)cc2)C1. The molecule has 0 aromatic heterocycles. The maximum absolute atomic E-state index is 11.7. The molecule has 0 aliphatic carbocycles. The van der Waals surface area contributed by atoms with E-state index in [0.717, 1.165) is 5.75 Å². The number of amides is 2. The molecule has 1 aliphatic heterocycles. The Balaban J connectivity index is 1.77. The van der Waals surface area contributed by atoms with Gasteiger partial charge in [-0.3, -0.25) is 0 Å². The first kappa shape index (κ1) is 16.6. The first-order valence-corrected chi connectivity index (χ1v) is 7.74. The lowest BCUT2D eigenvalue weighted by atomic mass is 9.87. The van der Waals surface area contributed by atoms with E-state index in [0.29, 0.717) is 13.1 Å². The van der Waals surface area contributed by atoms with Gasteiger partial charge in [0.05, 0.1) is 19.2 Å². The van der Waals surface area contributed by atoms with E-state index < -0.39 is 6.10 Å². The molecule has 5 heteroatoms. The molecular weight excluding hydrogens is 280 g/mol.